The minimum Gasteiger partial charge on any atom is -0.555 e. The van der Waals surface area contributed by atoms with Gasteiger partial charge in [0.15, 0.2) is 0 Å². The van der Waals surface area contributed by atoms with Crippen molar-refractivity contribution in [3.63, 3.8) is 0 Å². The van der Waals surface area contributed by atoms with Crippen molar-refractivity contribution in [1.29, 1.82) is 0 Å². The van der Waals surface area contributed by atoms with Crippen LogP contribution in [0.4, 0.5) is 0 Å². The fraction of sp³-hybridized carbons (Fsp3) is 0. The second kappa shape index (κ2) is 4.42. The molecule has 3 N–H and O–H groups in total. The molecule has 0 amide bonds. The van der Waals surface area contributed by atoms with Crippen LogP contribution in [0.1, 0.15) is 0 Å². The second-order valence-electron chi connectivity index (χ2n) is 2.13. The minimum atomic E-state index is -3.45. The van der Waals surface area contributed by atoms with Gasteiger partial charge in [-0.15, -0.1) is 0 Å². The maximum Gasteiger partial charge on any atom is 1.00 e. The third-order valence-corrected chi connectivity index (χ3v) is 1.62. The molecule has 0 saturated heterocycles. The molecule has 0 aromatic carbocycles. The average Bonchev–Trinajstić information content (AvgIpc) is 1.86. The summed E-state index contributed by atoms with van der Waals surface area (Å²) in [5.74, 6) is 0. The van der Waals surface area contributed by atoms with Crippen molar-refractivity contribution in [3.8, 4) is 0 Å². The van der Waals surface area contributed by atoms with Gasteiger partial charge in [0.2, 0.25) is 0 Å². The fourth-order valence-electron chi connectivity index (χ4n) is 0.616. The Morgan fingerprint density at radius 1 is 1.25 bits per heavy atom. The van der Waals surface area contributed by atoms with Gasteiger partial charge in [-0.25, -0.2) is 0 Å². The van der Waals surface area contributed by atoms with Crippen LogP contribution in [0.25, 0.3) is 0 Å². The van der Waals surface area contributed by atoms with Crippen LogP contribution in [0.2, 0.25) is 0 Å². The quantitative estimate of drug-likeness (QED) is 0.426. The fourth-order valence-corrected chi connectivity index (χ4v) is 0.851. The minimum absolute atomic E-state index is 0. The van der Waals surface area contributed by atoms with E-state index < -0.39 is 6.75 Å². The molecule has 1 rings (SSSR count). The molecule has 0 radical (unpaired) electrons. The van der Waals surface area contributed by atoms with E-state index in [-0.39, 0.29) is 24.5 Å². The summed E-state index contributed by atoms with van der Waals surface area (Å²) in [5, 5.41) is 26.0. The van der Waals surface area contributed by atoms with Crippen molar-refractivity contribution in [3.05, 3.63) is 22.8 Å². The Morgan fingerprint density at radius 2 is 1.83 bits per heavy atom. The Kier molecular flexibility index (Phi) is 4.48. The largest absolute Gasteiger partial charge is 1.00 e. The van der Waals surface area contributed by atoms with Crippen molar-refractivity contribution in [2.24, 2.45) is 0 Å². The number of hydrogen-bond donors (Lipinski definition) is 3. The van der Waals surface area contributed by atoms with Crippen LogP contribution in [0, 0.1) is 0 Å². The normalized spacial score (nSPS) is 10.7. The number of nitrogens with zero attached hydrogens (tertiary/aromatic N) is 1. The van der Waals surface area contributed by atoms with Gasteiger partial charge in [0.1, 0.15) is 0 Å². The van der Waals surface area contributed by atoms with Crippen LogP contribution in [-0.2, 0) is 0 Å². The summed E-state index contributed by atoms with van der Waals surface area (Å²) in [4.78, 5) is 3.58. The Bertz CT molecular complexity index is 250. The first kappa shape index (κ1) is 12.2. The van der Waals surface area contributed by atoms with Crippen molar-refractivity contribution in [1.82, 2.24) is 4.98 Å². The van der Waals surface area contributed by atoms with E-state index in [9.17, 15) is 0 Å². The van der Waals surface area contributed by atoms with E-state index in [0.29, 0.717) is 4.47 Å². The van der Waals surface area contributed by atoms with Gasteiger partial charge in [0.05, 0.1) is 0 Å². The Hall–Kier alpha value is 0.172. The van der Waals surface area contributed by atoms with Gasteiger partial charge in [-0.3, -0.25) is 4.98 Å². The molecule has 0 spiro atoms. The number of pyridine rings is 1. The molecule has 0 unspecified atom stereocenters. The third kappa shape index (κ3) is 3.27. The molecule has 4 nitrogen and oxygen atoms in total. The zero-order chi connectivity index (χ0) is 8.48. The smallest absolute Gasteiger partial charge is 0.555 e. The monoisotopic (exact) mass is 225 g/mol. The predicted octanol–water partition coefficient (Wildman–Crippen LogP) is -4.03. The van der Waals surface area contributed by atoms with Crippen molar-refractivity contribution < 1.29 is 33.9 Å². The molecule has 0 fully saturated rings. The van der Waals surface area contributed by atoms with Crippen molar-refractivity contribution in [2.75, 3.05) is 0 Å². The van der Waals surface area contributed by atoms with Crippen LogP contribution in [0.5, 0.6) is 0 Å². The van der Waals surface area contributed by atoms with Gasteiger partial charge >= 0.3 is 25.6 Å². The Balaban J connectivity index is 0.00000121. The van der Waals surface area contributed by atoms with Gasteiger partial charge < -0.3 is 15.1 Å². The van der Waals surface area contributed by atoms with Crippen LogP contribution in [0.15, 0.2) is 22.8 Å². The standard InChI is InChI=1S/C5H6BBrNO3.Li/c7-4-1-2-5(8-3-4)6(9,10)11;/h1-3,9-11H;/q-1;+1. The number of rotatable bonds is 1. The number of hydrogen-bond acceptors (Lipinski definition) is 4. The van der Waals surface area contributed by atoms with Crippen molar-refractivity contribution >= 4 is 28.3 Å². The molecule has 0 aliphatic carbocycles. The maximum atomic E-state index is 8.68. The summed E-state index contributed by atoms with van der Waals surface area (Å²) in [5.41, 5.74) is -0.145. The average molecular weight is 226 g/mol. The second-order valence-corrected chi connectivity index (χ2v) is 3.05. The molecular weight excluding hydrogens is 220 g/mol. The molecule has 12 heavy (non-hydrogen) atoms. The zero-order valence-electron chi connectivity index (χ0n) is 6.48. The van der Waals surface area contributed by atoms with Gasteiger partial charge in [-0.1, -0.05) is 6.07 Å². The third-order valence-electron chi connectivity index (χ3n) is 1.15. The van der Waals surface area contributed by atoms with Crippen LogP contribution in [0.3, 0.4) is 0 Å². The molecule has 1 aromatic rings. The first-order valence-electron chi connectivity index (χ1n) is 2.93. The Morgan fingerprint density at radius 3 is 2.17 bits per heavy atom. The van der Waals surface area contributed by atoms with Gasteiger partial charge in [0, 0.05) is 10.7 Å². The summed E-state index contributed by atoms with van der Waals surface area (Å²) in [6.07, 6.45) is 1.37. The first-order chi connectivity index (χ1) is 5.00. The molecule has 0 saturated carbocycles. The summed E-state index contributed by atoms with van der Waals surface area (Å²) in [6.45, 7) is -3.45. The molecule has 1 heterocycles. The topological polar surface area (TPSA) is 73.6 Å². The van der Waals surface area contributed by atoms with E-state index in [1.807, 2.05) is 0 Å². The number of aromatic nitrogens is 1. The first-order valence-corrected chi connectivity index (χ1v) is 3.73. The van der Waals surface area contributed by atoms with E-state index in [4.69, 9.17) is 15.1 Å². The molecular formula is C5H6BBrLiNO3. The summed E-state index contributed by atoms with van der Waals surface area (Å²) >= 11 is 3.11. The molecule has 0 aliphatic heterocycles. The van der Waals surface area contributed by atoms with E-state index in [1.54, 1.807) is 6.07 Å². The van der Waals surface area contributed by atoms with E-state index in [2.05, 4.69) is 20.9 Å². The Labute approximate surface area is 90.0 Å². The zero-order valence-corrected chi connectivity index (χ0v) is 8.06. The molecule has 60 valence electrons. The summed E-state index contributed by atoms with van der Waals surface area (Å²) < 4.78 is 0.710. The van der Waals surface area contributed by atoms with E-state index in [0.717, 1.165) is 0 Å². The molecule has 0 atom stereocenters. The van der Waals surface area contributed by atoms with Gasteiger partial charge in [-0.2, -0.15) is 0 Å². The predicted molar refractivity (Wildman–Crippen MR) is 44.0 cm³/mol. The van der Waals surface area contributed by atoms with E-state index >= 15 is 0 Å². The molecule has 7 heteroatoms. The maximum absolute atomic E-state index is 8.68. The molecule has 1 aromatic heterocycles. The molecule has 0 bridgehead atoms. The van der Waals surface area contributed by atoms with Gasteiger partial charge in [0.25, 0.3) is 0 Å². The summed E-state index contributed by atoms with van der Waals surface area (Å²) in [7, 11) is 0. The van der Waals surface area contributed by atoms with Crippen LogP contribution >= 0.6 is 15.9 Å². The van der Waals surface area contributed by atoms with E-state index in [1.165, 1.54) is 12.3 Å². The van der Waals surface area contributed by atoms with Crippen molar-refractivity contribution in [2.45, 2.75) is 0 Å². The molecule has 0 aliphatic rings. The van der Waals surface area contributed by atoms with Gasteiger partial charge in [-0.05, 0) is 27.6 Å². The van der Waals surface area contributed by atoms with Crippen LogP contribution < -0.4 is 24.5 Å². The summed E-state index contributed by atoms with van der Waals surface area (Å²) in [6, 6.07) is 2.88. The van der Waals surface area contributed by atoms with Crippen LogP contribution in [-0.4, -0.2) is 26.8 Å². The number of halogens is 1. The SMILES string of the molecule is O[B-](O)(O)c1ccc(Br)cn1.[Li+].